The highest BCUT2D eigenvalue weighted by molar-refractivity contribution is 4.60. The number of rotatable bonds is 0. The van der Waals surface area contributed by atoms with E-state index in [1.807, 2.05) is 20.8 Å². The summed E-state index contributed by atoms with van der Waals surface area (Å²) >= 11 is 0. The van der Waals surface area contributed by atoms with E-state index in [9.17, 15) is 0 Å². The Morgan fingerprint density at radius 1 is 1.00 bits per heavy atom. The molecule has 0 spiro atoms. The quantitative estimate of drug-likeness (QED) is 0.561. The van der Waals surface area contributed by atoms with Gasteiger partial charge in [0.15, 0.2) is 0 Å². The molecule has 10 heavy (non-hydrogen) atoms. The maximum atomic E-state index is 5.35. The van der Waals surface area contributed by atoms with Crippen molar-refractivity contribution in [1.29, 1.82) is 0 Å². The van der Waals surface area contributed by atoms with Gasteiger partial charge in [-0.05, 0) is 20.8 Å². The van der Waals surface area contributed by atoms with Gasteiger partial charge in [-0.3, -0.25) is 0 Å². The molecule has 0 aliphatic rings. The van der Waals surface area contributed by atoms with Gasteiger partial charge in [0.25, 0.3) is 0 Å². The fourth-order valence-electron chi connectivity index (χ4n) is 0. The summed E-state index contributed by atoms with van der Waals surface area (Å²) < 4.78 is 0. The summed E-state index contributed by atoms with van der Waals surface area (Å²) in [6.45, 7) is 10.1. The summed E-state index contributed by atoms with van der Waals surface area (Å²) in [5, 5.41) is 0. The van der Waals surface area contributed by atoms with Crippen LogP contribution < -0.4 is 5.73 Å². The maximum absolute atomic E-state index is 5.35. The van der Waals surface area contributed by atoms with Crippen molar-refractivity contribution in [2.75, 3.05) is 0 Å². The summed E-state index contributed by atoms with van der Waals surface area (Å²) in [7, 11) is 0. The lowest BCUT2D eigenvalue weighted by Crippen LogP contribution is -2.26. The Morgan fingerprint density at radius 3 is 1.00 bits per heavy atom. The first-order valence-electron chi connectivity index (χ1n) is 3.20. The highest BCUT2D eigenvalue weighted by Gasteiger charge is 1.95. The largest absolute Gasteiger partial charge is 0.326 e. The van der Waals surface area contributed by atoms with Crippen LogP contribution in [-0.2, 0) is 0 Å². The fraction of sp³-hybridized carbons (Fsp3) is 1.00. The summed E-state index contributed by atoms with van der Waals surface area (Å²) in [4.78, 5) is 0. The monoisotopic (exact) mass is 149 g/mol. The normalized spacial score (nSPS) is 7.80. The second kappa shape index (κ2) is 11.7. The molecule has 0 unspecified atom stereocenters. The van der Waals surface area contributed by atoms with E-state index in [2.05, 4.69) is 13.8 Å². The highest BCUT2D eigenvalue weighted by Crippen LogP contribution is 1.88. The zero-order valence-electron chi connectivity index (χ0n) is 6.78. The van der Waals surface area contributed by atoms with E-state index < -0.39 is 0 Å². The number of hydrogen-bond donors (Lipinski definition) is 1. The lowest BCUT2D eigenvalue weighted by Gasteiger charge is -2.06. The van der Waals surface area contributed by atoms with Crippen molar-refractivity contribution in [2.45, 2.75) is 61.4 Å². The van der Waals surface area contributed by atoms with Gasteiger partial charge in [-0.2, -0.15) is 0 Å². The van der Waals surface area contributed by atoms with Gasteiger partial charge in [0.1, 0.15) is 0 Å². The standard InChI is InChI=1S/C4H11N.C3H8.2CH4/c1-4(2,3)5;1-3-2;;/h5H2,1-3H3;3H2,1-2H3;2*1H4. The first kappa shape index (κ1) is 22.5. The Bertz CT molecular complexity index is 28.5. The van der Waals surface area contributed by atoms with Gasteiger partial charge in [-0.15, -0.1) is 0 Å². The molecule has 68 valence electrons. The minimum atomic E-state index is 0. The molecule has 2 N–H and O–H groups in total. The van der Waals surface area contributed by atoms with Crippen LogP contribution in [0.1, 0.15) is 55.9 Å². The molecule has 1 nitrogen and oxygen atoms in total. The third-order valence-electron chi connectivity index (χ3n) is 0. The third-order valence-corrected chi connectivity index (χ3v) is 0. The van der Waals surface area contributed by atoms with Gasteiger partial charge < -0.3 is 5.73 Å². The van der Waals surface area contributed by atoms with E-state index in [4.69, 9.17) is 5.73 Å². The van der Waals surface area contributed by atoms with Crippen molar-refractivity contribution in [3.8, 4) is 0 Å². The van der Waals surface area contributed by atoms with E-state index >= 15 is 0 Å². The molecule has 0 atom stereocenters. The topological polar surface area (TPSA) is 26.0 Å². The van der Waals surface area contributed by atoms with E-state index in [0.717, 1.165) is 0 Å². The molecule has 0 saturated heterocycles. The molecule has 0 heterocycles. The van der Waals surface area contributed by atoms with Crippen molar-refractivity contribution in [3.63, 3.8) is 0 Å². The summed E-state index contributed by atoms with van der Waals surface area (Å²) in [5.41, 5.74) is 5.35. The van der Waals surface area contributed by atoms with Crippen LogP contribution >= 0.6 is 0 Å². The van der Waals surface area contributed by atoms with Crippen LogP contribution in [0.25, 0.3) is 0 Å². The van der Waals surface area contributed by atoms with Crippen LogP contribution in [0.15, 0.2) is 0 Å². The smallest absolute Gasteiger partial charge is 0.00686 e. The first-order chi connectivity index (χ1) is 3.41. The summed E-state index contributed by atoms with van der Waals surface area (Å²) in [5.74, 6) is 0. The van der Waals surface area contributed by atoms with Gasteiger partial charge in [-0.25, -0.2) is 0 Å². The first-order valence-corrected chi connectivity index (χ1v) is 3.20. The molecule has 0 rings (SSSR count). The molecule has 0 radical (unpaired) electrons. The summed E-state index contributed by atoms with van der Waals surface area (Å²) in [6, 6.07) is 0. The molecule has 0 saturated carbocycles. The Balaban J connectivity index is -0.0000000326. The van der Waals surface area contributed by atoms with Crippen molar-refractivity contribution >= 4 is 0 Å². The van der Waals surface area contributed by atoms with Crippen LogP contribution in [-0.4, -0.2) is 5.54 Å². The molecule has 1 heteroatoms. The minimum Gasteiger partial charge on any atom is -0.326 e. The van der Waals surface area contributed by atoms with E-state index in [-0.39, 0.29) is 20.4 Å². The number of hydrogen-bond acceptors (Lipinski definition) is 1. The van der Waals surface area contributed by atoms with Crippen molar-refractivity contribution in [3.05, 3.63) is 0 Å². The zero-order valence-corrected chi connectivity index (χ0v) is 6.78. The lowest BCUT2D eigenvalue weighted by molar-refractivity contribution is 0.580. The van der Waals surface area contributed by atoms with Crippen LogP contribution in [0.5, 0.6) is 0 Å². The minimum absolute atomic E-state index is 0. The Kier molecular flexibility index (Phi) is 26.4. The second-order valence-electron chi connectivity index (χ2n) is 3.07. The van der Waals surface area contributed by atoms with Gasteiger partial charge in [0.2, 0.25) is 0 Å². The van der Waals surface area contributed by atoms with E-state index in [1.165, 1.54) is 6.42 Å². The molecule has 0 aromatic rings. The molecule has 0 aliphatic carbocycles. The zero-order chi connectivity index (χ0) is 7.21. The highest BCUT2D eigenvalue weighted by atomic mass is 14.7. The van der Waals surface area contributed by atoms with Gasteiger partial charge >= 0.3 is 0 Å². The van der Waals surface area contributed by atoms with Crippen molar-refractivity contribution in [1.82, 2.24) is 0 Å². The fourth-order valence-corrected chi connectivity index (χ4v) is 0. The molecular weight excluding hydrogens is 122 g/mol. The van der Waals surface area contributed by atoms with E-state index in [0.29, 0.717) is 0 Å². The molecule has 0 bridgehead atoms. The Hall–Kier alpha value is -0.0400. The van der Waals surface area contributed by atoms with Gasteiger partial charge in [0, 0.05) is 5.54 Å². The third kappa shape index (κ3) is 241000. The van der Waals surface area contributed by atoms with Gasteiger partial charge in [0.05, 0.1) is 0 Å². The lowest BCUT2D eigenvalue weighted by atomic mass is 10.1. The van der Waals surface area contributed by atoms with Crippen LogP contribution in [0.4, 0.5) is 0 Å². The van der Waals surface area contributed by atoms with Crippen molar-refractivity contribution in [2.24, 2.45) is 5.73 Å². The molecule has 0 amide bonds. The summed E-state index contributed by atoms with van der Waals surface area (Å²) in [6.07, 6.45) is 1.25. The average molecular weight is 149 g/mol. The molecule has 0 aromatic carbocycles. The Labute approximate surface area is 68.0 Å². The molecular formula is C9H27N. The van der Waals surface area contributed by atoms with Crippen LogP contribution in [0.2, 0.25) is 0 Å². The SMILES string of the molecule is C.C.CC(C)(C)N.CCC. The Morgan fingerprint density at radius 2 is 1.00 bits per heavy atom. The predicted molar refractivity (Wildman–Crippen MR) is 53.4 cm³/mol. The van der Waals surface area contributed by atoms with Crippen LogP contribution in [0.3, 0.4) is 0 Å². The molecule has 0 fully saturated rings. The van der Waals surface area contributed by atoms with Crippen LogP contribution in [0, 0.1) is 0 Å². The predicted octanol–water partition coefficient (Wildman–Crippen LogP) is 3.43. The van der Waals surface area contributed by atoms with Gasteiger partial charge in [-0.1, -0.05) is 35.1 Å². The second-order valence-corrected chi connectivity index (χ2v) is 3.07. The number of nitrogens with two attached hydrogens (primary N) is 1. The van der Waals surface area contributed by atoms with E-state index in [1.54, 1.807) is 0 Å². The molecule has 0 aromatic heterocycles. The maximum Gasteiger partial charge on any atom is 0.00686 e. The van der Waals surface area contributed by atoms with Crippen molar-refractivity contribution < 1.29 is 0 Å². The average Bonchev–Trinajstić information content (AvgIpc) is 1.27. The molecule has 0 aliphatic heterocycles.